The first-order chi connectivity index (χ1) is 15.1. The van der Waals surface area contributed by atoms with E-state index in [0.29, 0.717) is 10.6 Å². The minimum absolute atomic E-state index is 0.163. The Kier molecular flexibility index (Phi) is 14.6. The lowest BCUT2D eigenvalue weighted by atomic mass is 10.2. The molecule has 0 amide bonds. The predicted octanol–water partition coefficient (Wildman–Crippen LogP) is 6.47. The lowest BCUT2D eigenvalue weighted by Gasteiger charge is -2.04. The van der Waals surface area contributed by atoms with Crippen molar-refractivity contribution in [1.82, 2.24) is 0 Å². The fraction of sp³-hybridized carbons (Fsp3) is 0.273. The summed E-state index contributed by atoms with van der Waals surface area (Å²) in [6, 6.07) is 9.35. The zero-order chi connectivity index (χ0) is 24.8. The number of thiophene rings is 1. The molecule has 0 aliphatic carbocycles. The summed E-state index contributed by atoms with van der Waals surface area (Å²) in [4.78, 5) is 27.5. The lowest BCUT2D eigenvalue weighted by Crippen LogP contribution is -1.99. The third-order valence-corrected chi connectivity index (χ3v) is 6.12. The number of hydrogen-bond acceptors (Lipinski definition) is 7. The van der Waals surface area contributed by atoms with Gasteiger partial charge in [0.25, 0.3) is 0 Å². The lowest BCUT2D eigenvalue weighted by molar-refractivity contribution is -0.191. The highest BCUT2D eigenvalue weighted by Crippen LogP contribution is 2.31. The number of hydrogen-bond donors (Lipinski definition) is 1. The third kappa shape index (κ3) is 9.59. The minimum Gasteiger partial charge on any atom is -0.494 e. The highest BCUT2D eigenvalue weighted by Gasteiger charge is 2.07. The number of fused-ring (bicyclic) bond motifs is 1. The number of ether oxygens (including phenoxy) is 2. The van der Waals surface area contributed by atoms with Crippen LogP contribution in [0.3, 0.4) is 0 Å². The first-order valence-corrected chi connectivity index (χ1v) is 11.1. The van der Waals surface area contributed by atoms with E-state index >= 15 is 0 Å². The molecule has 0 fully saturated rings. The van der Waals surface area contributed by atoms with Gasteiger partial charge in [-0.2, -0.15) is 22.2 Å². The molecule has 5 nitrogen and oxygen atoms in total. The highest BCUT2D eigenvalue weighted by atomic mass is 35.5. The maximum absolute atomic E-state index is 13.1. The van der Waals surface area contributed by atoms with Gasteiger partial charge < -0.3 is 9.47 Å². The number of rotatable bonds is 2. The van der Waals surface area contributed by atoms with Crippen LogP contribution in [-0.4, -0.2) is 32.1 Å². The largest absolute Gasteiger partial charge is 0.494 e. The summed E-state index contributed by atoms with van der Waals surface area (Å²) in [6.07, 6.45) is 0.250. The van der Waals surface area contributed by atoms with Gasteiger partial charge in [0, 0.05) is 25.2 Å². The Morgan fingerprint density at radius 2 is 1.59 bits per heavy atom. The maximum Gasteiger partial charge on any atom is 0.373 e. The summed E-state index contributed by atoms with van der Waals surface area (Å²) in [5.74, 6) is -0.290. The van der Waals surface area contributed by atoms with E-state index in [1.165, 1.54) is 40.8 Å². The molecule has 3 rings (SSSR count). The second-order valence-electron chi connectivity index (χ2n) is 5.95. The minimum atomic E-state index is -0.389. The quantitative estimate of drug-likeness (QED) is 0.309. The van der Waals surface area contributed by atoms with Crippen LogP contribution in [0.4, 0.5) is 4.39 Å². The first kappa shape index (κ1) is 29.9. The summed E-state index contributed by atoms with van der Waals surface area (Å²) >= 11 is 17.1. The summed E-state index contributed by atoms with van der Waals surface area (Å²) in [5.41, 5.74) is 1.62. The normalized spacial score (nSPS) is 9.16. The molecule has 32 heavy (non-hydrogen) atoms. The molecule has 0 aliphatic rings. The second-order valence-corrected chi connectivity index (χ2v) is 8.34. The number of esters is 1. The number of benzene rings is 2. The van der Waals surface area contributed by atoms with Crippen LogP contribution < -0.4 is 4.74 Å². The van der Waals surface area contributed by atoms with Crippen LogP contribution in [0.1, 0.15) is 16.0 Å². The average Bonchev–Trinajstić information content (AvgIpc) is 3.17. The topological polar surface area (TPSA) is 69.7 Å². The standard InChI is InChI=1S/C10H9ClS.C8H8ClFO.C3H6O2S.CO2/c1-6-5-8-3-4-9(11)7(2)10(8)12-6;1-5-6(9)3-4-7(11-2)8(5)10;1-5-3(4)2-6;2-1-3/h3-5H,1-2H3;3-4H,1-2H3;6H,2H2,1H3;. The van der Waals surface area contributed by atoms with Gasteiger partial charge in [-0.25, -0.2) is 4.39 Å². The maximum atomic E-state index is 13.1. The van der Waals surface area contributed by atoms with Crippen molar-refractivity contribution in [2.75, 3.05) is 20.0 Å². The zero-order valence-electron chi connectivity index (χ0n) is 18.1. The molecule has 1 aromatic heterocycles. The van der Waals surface area contributed by atoms with Crippen LogP contribution in [0.2, 0.25) is 10.0 Å². The molecule has 0 spiro atoms. The fourth-order valence-electron chi connectivity index (χ4n) is 2.21. The van der Waals surface area contributed by atoms with E-state index in [2.05, 4.69) is 43.3 Å². The van der Waals surface area contributed by atoms with Gasteiger partial charge in [-0.15, -0.1) is 11.3 Å². The Morgan fingerprint density at radius 3 is 2.06 bits per heavy atom. The molecule has 0 aliphatic heterocycles. The van der Waals surface area contributed by atoms with Gasteiger partial charge in [0.2, 0.25) is 0 Å². The predicted molar refractivity (Wildman–Crippen MR) is 130 cm³/mol. The summed E-state index contributed by atoms with van der Waals surface area (Å²) in [7, 11) is 2.75. The molecule has 10 heteroatoms. The van der Waals surface area contributed by atoms with Crippen molar-refractivity contribution in [3.8, 4) is 5.75 Å². The van der Waals surface area contributed by atoms with Crippen LogP contribution in [0.25, 0.3) is 10.1 Å². The monoisotopic (exact) mass is 520 g/mol. The van der Waals surface area contributed by atoms with Crippen molar-refractivity contribution in [2.24, 2.45) is 0 Å². The molecule has 174 valence electrons. The molecule has 0 saturated carbocycles. The molecule has 0 radical (unpaired) electrons. The van der Waals surface area contributed by atoms with Crippen LogP contribution in [-0.2, 0) is 19.1 Å². The average molecular weight is 521 g/mol. The Morgan fingerprint density at radius 1 is 1.06 bits per heavy atom. The second kappa shape index (κ2) is 15.7. The van der Waals surface area contributed by atoms with E-state index < -0.39 is 0 Å². The van der Waals surface area contributed by atoms with Gasteiger partial charge in [0.05, 0.1) is 20.0 Å². The van der Waals surface area contributed by atoms with Crippen LogP contribution in [0.5, 0.6) is 5.75 Å². The number of carbonyl (C=O) groups excluding carboxylic acids is 3. The number of methoxy groups -OCH3 is 2. The Bertz CT molecular complexity index is 1060. The van der Waals surface area contributed by atoms with Crippen molar-refractivity contribution in [2.45, 2.75) is 20.8 Å². The zero-order valence-corrected chi connectivity index (χ0v) is 21.3. The number of halogens is 3. The first-order valence-electron chi connectivity index (χ1n) is 8.88. The Hall–Kier alpha value is -2.09. The molecule has 0 atom stereocenters. The molecule has 0 bridgehead atoms. The third-order valence-electron chi connectivity index (χ3n) is 3.85. The fourth-order valence-corrected chi connectivity index (χ4v) is 3.71. The van der Waals surface area contributed by atoms with E-state index in [0.717, 1.165) is 5.02 Å². The van der Waals surface area contributed by atoms with Gasteiger partial charge in [0.1, 0.15) is 0 Å². The van der Waals surface area contributed by atoms with E-state index in [4.69, 9.17) is 37.5 Å². The number of carbonyl (C=O) groups is 1. The Balaban J connectivity index is 0.000000445. The Labute approximate surface area is 205 Å². The molecular formula is C22H23Cl2FO5S2. The van der Waals surface area contributed by atoms with E-state index in [-0.39, 0.29) is 29.4 Å². The van der Waals surface area contributed by atoms with Gasteiger partial charge in [0.15, 0.2) is 11.6 Å². The molecule has 0 saturated heterocycles. The summed E-state index contributed by atoms with van der Waals surface area (Å²) in [6.45, 7) is 5.80. The molecule has 0 N–H and O–H groups in total. The molecule has 3 aromatic rings. The van der Waals surface area contributed by atoms with E-state index in [1.54, 1.807) is 13.0 Å². The van der Waals surface area contributed by atoms with Crippen molar-refractivity contribution in [3.05, 3.63) is 62.2 Å². The molecular weight excluding hydrogens is 498 g/mol. The van der Waals surface area contributed by atoms with Crippen LogP contribution in [0, 0.1) is 26.6 Å². The van der Waals surface area contributed by atoms with Crippen molar-refractivity contribution in [1.29, 1.82) is 0 Å². The summed E-state index contributed by atoms with van der Waals surface area (Å²) in [5, 5.41) is 2.59. The van der Waals surface area contributed by atoms with Gasteiger partial charge in [-0.05, 0) is 56.0 Å². The van der Waals surface area contributed by atoms with E-state index in [1.807, 2.05) is 17.4 Å². The smallest absolute Gasteiger partial charge is 0.373 e. The van der Waals surface area contributed by atoms with Gasteiger partial charge >= 0.3 is 12.1 Å². The molecule has 1 heterocycles. The van der Waals surface area contributed by atoms with Crippen LogP contribution in [0.15, 0.2) is 30.3 Å². The van der Waals surface area contributed by atoms with Crippen molar-refractivity contribution >= 4 is 69.4 Å². The molecule has 2 aromatic carbocycles. The number of aryl methyl sites for hydroxylation is 2. The summed E-state index contributed by atoms with van der Waals surface area (Å²) < 4.78 is 23.3. The van der Waals surface area contributed by atoms with E-state index in [9.17, 15) is 9.18 Å². The molecule has 0 unspecified atom stereocenters. The highest BCUT2D eigenvalue weighted by molar-refractivity contribution is 7.81. The SMILES string of the molecule is COC(=O)CS.COc1ccc(Cl)c(C)c1F.Cc1cc2ccc(Cl)c(C)c2s1.O=C=O. The van der Waals surface area contributed by atoms with Gasteiger partial charge in [-0.3, -0.25) is 4.79 Å². The van der Waals surface area contributed by atoms with Gasteiger partial charge in [-0.1, -0.05) is 29.3 Å². The van der Waals surface area contributed by atoms with Crippen LogP contribution >= 0.6 is 47.2 Å². The van der Waals surface area contributed by atoms with Crippen molar-refractivity contribution < 1.29 is 28.2 Å². The number of thiol groups is 1. The van der Waals surface area contributed by atoms with Crippen molar-refractivity contribution in [3.63, 3.8) is 0 Å².